The van der Waals surface area contributed by atoms with Crippen molar-refractivity contribution in [2.45, 2.75) is 13.8 Å². The largest absolute Gasteiger partial charge is 0.339 e. The zero-order chi connectivity index (χ0) is 15.1. The predicted octanol–water partition coefficient (Wildman–Crippen LogP) is 3.45. The summed E-state index contributed by atoms with van der Waals surface area (Å²) in [5.74, 6) is 0. The third-order valence-electron chi connectivity index (χ3n) is 0.854. The smallest absolute Gasteiger partial charge is 0.288 e. The van der Waals surface area contributed by atoms with Crippen molar-refractivity contribution in [1.29, 1.82) is 0 Å². The van der Waals surface area contributed by atoms with Crippen LogP contribution in [0.2, 0.25) is 0 Å². The lowest BCUT2D eigenvalue weighted by Gasteiger charge is -2.05. The van der Waals surface area contributed by atoms with Crippen LogP contribution >= 0.6 is 39.5 Å². The van der Waals surface area contributed by atoms with Gasteiger partial charge in [-0.05, 0) is 0 Å². The fourth-order valence-electron chi connectivity index (χ4n) is 0.291. The molecule has 0 saturated heterocycles. The van der Waals surface area contributed by atoms with Crippen LogP contribution in [-0.2, 0) is 9.59 Å². The van der Waals surface area contributed by atoms with Gasteiger partial charge in [0.05, 0.1) is 0 Å². The zero-order valence-corrected chi connectivity index (χ0v) is 13.8. The number of carbonyl (C=O) groups is 3. The van der Waals surface area contributed by atoms with Crippen LogP contribution in [0.15, 0.2) is 0 Å². The number of hydrogen-bond donors (Lipinski definition) is 0. The molecule has 0 fully saturated rings. The Kier molecular flexibility index (Phi) is 21.5. The lowest BCUT2D eigenvalue weighted by Crippen LogP contribution is -2.17. The molecule has 0 aliphatic rings. The van der Waals surface area contributed by atoms with Crippen LogP contribution in [0.25, 0.3) is 0 Å². The first kappa shape index (κ1) is 23.0. The Bertz CT molecular complexity index is 256. The highest BCUT2D eigenvalue weighted by Gasteiger charge is 2.06. The van der Waals surface area contributed by atoms with Crippen LogP contribution in [0.3, 0.4) is 0 Å². The monoisotopic (exact) mass is 367 g/mol. The van der Waals surface area contributed by atoms with Crippen molar-refractivity contribution in [2.75, 3.05) is 25.7 Å². The summed E-state index contributed by atoms with van der Waals surface area (Å²) < 4.78 is 21.2. The number of alkyl halides is 3. The summed E-state index contributed by atoms with van der Waals surface area (Å²) in [4.78, 5) is 32.0. The second kappa shape index (κ2) is 16.9. The van der Waals surface area contributed by atoms with Crippen molar-refractivity contribution in [1.82, 2.24) is 4.90 Å². The van der Waals surface area contributed by atoms with Gasteiger partial charge >= 0.3 is 0 Å². The standard InChI is InChI=1S/C5H9NO2S.C3H5FOS.CH2BrF/c1-4(7)9-5(8)6(2)3;1-3(5)6-2-4;2-1-3/h1-3H3;2H2,1H3;1H2. The van der Waals surface area contributed by atoms with Gasteiger partial charge in [0.2, 0.25) is 0 Å². The fraction of sp³-hybridized carbons (Fsp3) is 0.667. The van der Waals surface area contributed by atoms with E-state index >= 15 is 0 Å². The molecule has 0 aromatic carbocycles. The van der Waals surface area contributed by atoms with E-state index in [2.05, 4.69) is 15.9 Å². The normalized spacial score (nSPS) is 8.17. The van der Waals surface area contributed by atoms with Gasteiger partial charge in [0.15, 0.2) is 10.2 Å². The number of hydrogen-bond acceptors (Lipinski definition) is 5. The van der Waals surface area contributed by atoms with E-state index in [1.54, 1.807) is 14.1 Å². The van der Waals surface area contributed by atoms with Crippen LogP contribution in [0.5, 0.6) is 0 Å². The molecule has 0 N–H and O–H groups in total. The van der Waals surface area contributed by atoms with Gasteiger partial charge in [-0.1, -0.05) is 27.7 Å². The molecule has 0 aromatic rings. The number of nitrogens with zero attached hydrogens (tertiary/aromatic N) is 1. The van der Waals surface area contributed by atoms with E-state index in [0.29, 0.717) is 23.5 Å². The summed E-state index contributed by atoms with van der Waals surface area (Å²) in [6, 6.07) is -0.602. The second-order valence-electron chi connectivity index (χ2n) is 2.60. The van der Waals surface area contributed by atoms with Crippen molar-refractivity contribution in [3.63, 3.8) is 0 Å². The molecule has 0 saturated carbocycles. The summed E-state index contributed by atoms with van der Waals surface area (Å²) in [5.41, 5.74) is -0.438. The molecule has 9 heteroatoms. The van der Waals surface area contributed by atoms with Crippen molar-refractivity contribution >= 4 is 54.9 Å². The molecular weight excluding hydrogens is 352 g/mol. The molecule has 0 aliphatic heterocycles. The minimum atomic E-state index is -0.602. The first-order chi connectivity index (χ1) is 8.22. The van der Waals surface area contributed by atoms with E-state index < -0.39 is 11.6 Å². The molecule has 108 valence electrons. The minimum absolute atomic E-state index is 0.169. The third-order valence-corrected chi connectivity index (χ3v) is 2.20. The van der Waals surface area contributed by atoms with E-state index in [0.717, 1.165) is 0 Å². The second-order valence-corrected chi connectivity index (χ2v) is 5.23. The maximum absolute atomic E-state index is 11.0. The molecular formula is C9H16BrF2NO3S2. The lowest BCUT2D eigenvalue weighted by atomic mass is 10.9. The molecule has 0 aromatic heterocycles. The molecule has 0 aliphatic carbocycles. The third kappa shape index (κ3) is 29.7. The number of amides is 1. The maximum atomic E-state index is 11.0. The van der Waals surface area contributed by atoms with Crippen molar-refractivity contribution in [2.24, 2.45) is 0 Å². The van der Waals surface area contributed by atoms with Gasteiger partial charge < -0.3 is 4.90 Å². The lowest BCUT2D eigenvalue weighted by molar-refractivity contribution is -0.109. The number of halogens is 3. The average molecular weight is 368 g/mol. The van der Waals surface area contributed by atoms with E-state index in [9.17, 15) is 23.2 Å². The van der Waals surface area contributed by atoms with E-state index in [1.165, 1.54) is 18.7 Å². The van der Waals surface area contributed by atoms with Crippen LogP contribution < -0.4 is 0 Å². The number of thioether (sulfide) groups is 2. The molecule has 18 heavy (non-hydrogen) atoms. The predicted molar refractivity (Wildman–Crippen MR) is 76.5 cm³/mol. The molecule has 4 nitrogen and oxygen atoms in total. The van der Waals surface area contributed by atoms with Gasteiger partial charge in [-0.15, -0.1) is 0 Å². The Morgan fingerprint density at radius 1 is 1.11 bits per heavy atom. The van der Waals surface area contributed by atoms with Crippen LogP contribution in [0, 0.1) is 0 Å². The SMILES string of the molecule is CC(=O)SC(=O)N(C)C.CC(=O)SCF.FCBr. The van der Waals surface area contributed by atoms with Gasteiger partial charge in [0.1, 0.15) is 11.6 Å². The first-order valence-corrected chi connectivity index (χ1v) is 7.36. The quantitative estimate of drug-likeness (QED) is 0.664. The number of rotatable bonds is 1. The first-order valence-electron chi connectivity index (χ1n) is 4.43. The average Bonchev–Trinajstić information content (AvgIpc) is 2.18. The molecule has 0 rings (SSSR count). The zero-order valence-electron chi connectivity index (χ0n) is 10.5. The van der Waals surface area contributed by atoms with Gasteiger partial charge in [0, 0.05) is 39.7 Å². The van der Waals surface area contributed by atoms with Crippen molar-refractivity contribution < 1.29 is 23.2 Å². The van der Waals surface area contributed by atoms with E-state index in [-0.39, 0.29) is 15.5 Å². The van der Waals surface area contributed by atoms with Gasteiger partial charge in [0.25, 0.3) is 5.24 Å². The Morgan fingerprint density at radius 3 is 1.56 bits per heavy atom. The van der Waals surface area contributed by atoms with Crippen LogP contribution in [-0.4, -0.2) is 46.1 Å². The summed E-state index contributed by atoms with van der Waals surface area (Å²) in [6.07, 6.45) is 0. The molecule has 1 amide bonds. The summed E-state index contributed by atoms with van der Waals surface area (Å²) in [6.45, 7) is 2.70. The topological polar surface area (TPSA) is 54.5 Å². The van der Waals surface area contributed by atoms with E-state index in [4.69, 9.17) is 0 Å². The molecule has 0 bridgehead atoms. The fourth-order valence-corrected chi connectivity index (χ4v) is 0.873. The van der Waals surface area contributed by atoms with Crippen LogP contribution in [0.4, 0.5) is 13.6 Å². The Balaban J connectivity index is -0.000000216. The molecule has 0 heterocycles. The highest BCUT2D eigenvalue weighted by Crippen LogP contribution is 2.05. The molecule has 0 atom stereocenters. The molecule has 0 unspecified atom stereocenters. The Hall–Kier alpha value is -0.150. The highest BCUT2D eigenvalue weighted by molar-refractivity contribution is 9.09. The summed E-state index contributed by atoms with van der Waals surface area (Å²) in [5, 5.41) is -0.561. The highest BCUT2D eigenvalue weighted by atomic mass is 79.9. The van der Waals surface area contributed by atoms with Crippen molar-refractivity contribution in [3.8, 4) is 0 Å². The van der Waals surface area contributed by atoms with Gasteiger partial charge in [-0.2, -0.15) is 0 Å². The summed E-state index contributed by atoms with van der Waals surface area (Å²) in [7, 11) is 3.22. The number of carbonyl (C=O) groups excluding carboxylic acids is 3. The maximum Gasteiger partial charge on any atom is 0.288 e. The minimum Gasteiger partial charge on any atom is -0.339 e. The van der Waals surface area contributed by atoms with Crippen molar-refractivity contribution in [3.05, 3.63) is 0 Å². The van der Waals surface area contributed by atoms with E-state index in [1.807, 2.05) is 0 Å². The van der Waals surface area contributed by atoms with Gasteiger partial charge in [-0.3, -0.25) is 14.4 Å². The Morgan fingerprint density at radius 2 is 1.50 bits per heavy atom. The Labute approximate surface area is 122 Å². The van der Waals surface area contributed by atoms with Crippen LogP contribution in [0.1, 0.15) is 13.8 Å². The molecule has 0 spiro atoms. The summed E-state index contributed by atoms with van der Waals surface area (Å²) >= 11 is 3.87. The van der Waals surface area contributed by atoms with Gasteiger partial charge in [-0.25, -0.2) is 8.78 Å². The molecule has 0 radical (unpaired) electrons.